The largest absolute Gasteiger partial charge is 0.507 e. The summed E-state index contributed by atoms with van der Waals surface area (Å²) in [6.07, 6.45) is 2.98. The Kier molecular flexibility index (Phi) is 9.09. The fraction of sp³-hybridized carbons (Fsp3) is 0.500. The van der Waals surface area contributed by atoms with Gasteiger partial charge in [0.15, 0.2) is 0 Å². The molecule has 0 fully saturated rings. The molecule has 2 aromatic carbocycles. The van der Waals surface area contributed by atoms with Crippen LogP contribution in [-0.2, 0) is 15.6 Å². The summed E-state index contributed by atoms with van der Waals surface area (Å²) >= 11 is 0. The molecule has 0 aliphatic rings. The van der Waals surface area contributed by atoms with Crippen LogP contribution < -0.4 is 10.2 Å². The highest BCUT2D eigenvalue weighted by Gasteiger charge is 2.26. The quantitative estimate of drug-likeness (QED) is 0.233. The lowest BCUT2D eigenvalue weighted by Crippen LogP contribution is -2.22. The molecule has 180 valence electrons. The molecular formula is C28H40N2O3. The van der Waals surface area contributed by atoms with Gasteiger partial charge in [-0.1, -0.05) is 65.8 Å². The van der Waals surface area contributed by atoms with Crippen LogP contribution in [0.4, 0.5) is 0 Å². The van der Waals surface area contributed by atoms with E-state index in [1.165, 1.54) is 11.1 Å². The van der Waals surface area contributed by atoms with E-state index in [4.69, 9.17) is 4.74 Å². The van der Waals surface area contributed by atoms with E-state index >= 15 is 0 Å². The summed E-state index contributed by atoms with van der Waals surface area (Å²) in [4.78, 5) is 12.2. The number of benzene rings is 2. The Morgan fingerprint density at radius 1 is 1.03 bits per heavy atom. The van der Waals surface area contributed by atoms with Crippen LogP contribution in [0.3, 0.4) is 0 Å². The van der Waals surface area contributed by atoms with Crippen LogP contribution in [0.1, 0.15) is 90.8 Å². The van der Waals surface area contributed by atoms with Crippen molar-refractivity contribution in [2.45, 2.75) is 85.0 Å². The van der Waals surface area contributed by atoms with Crippen LogP contribution >= 0.6 is 0 Å². The molecule has 1 amide bonds. The number of nitrogens with zero attached hydrogens (tertiary/aromatic N) is 1. The number of amides is 1. The molecule has 5 nitrogen and oxygen atoms in total. The number of hydrogen-bond donors (Lipinski definition) is 2. The van der Waals surface area contributed by atoms with Gasteiger partial charge >= 0.3 is 0 Å². The van der Waals surface area contributed by atoms with Crippen LogP contribution in [0, 0.1) is 0 Å². The first kappa shape index (κ1) is 26.4. The number of para-hydroxylation sites is 1. The maximum Gasteiger partial charge on any atom is 0.240 e. The Morgan fingerprint density at radius 2 is 1.70 bits per heavy atom. The predicted octanol–water partition coefficient (Wildman–Crippen LogP) is 6.47. The second kappa shape index (κ2) is 11.4. The zero-order chi connectivity index (χ0) is 24.6. The first-order valence-corrected chi connectivity index (χ1v) is 11.9. The van der Waals surface area contributed by atoms with Gasteiger partial charge in [0.2, 0.25) is 5.91 Å². The number of carbonyl (C=O) groups excluding carboxylic acids is 1. The van der Waals surface area contributed by atoms with Gasteiger partial charge in [-0.2, -0.15) is 5.10 Å². The Labute approximate surface area is 199 Å². The number of hydrazone groups is 1. The van der Waals surface area contributed by atoms with E-state index < -0.39 is 0 Å². The smallest absolute Gasteiger partial charge is 0.240 e. The first-order chi connectivity index (χ1) is 15.5. The molecule has 2 rings (SSSR count). The van der Waals surface area contributed by atoms with E-state index in [-0.39, 0.29) is 22.5 Å². The zero-order valence-electron chi connectivity index (χ0n) is 21.3. The molecule has 0 saturated heterocycles. The molecule has 0 atom stereocenters. The molecule has 0 saturated carbocycles. The monoisotopic (exact) mass is 452 g/mol. The van der Waals surface area contributed by atoms with Gasteiger partial charge < -0.3 is 9.84 Å². The van der Waals surface area contributed by atoms with Gasteiger partial charge in [0.25, 0.3) is 0 Å². The van der Waals surface area contributed by atoms with Gasteiger partial charge in [0.05, 0.1) is 12.3 Å². The average molecular weight is 453 g/mol. The zero-order valence-corrected chi connectivity index (χ0v) is 21.3. The van der Waals surface area contributed by atoms with Gasteiger partial charge in [-0.3, -0.25) is 4.79 Å². The fourth-order valence-electron chi connectivity index (χ4n) is 3.46. The van der Waals surface area contributed by atoms with Crippen LogP contribution in [0.15, 0.2) is 47.6 Å². The number of rotatable bonds is 11. The van der Waals surface area contributed by atoms with Gasteiger partial charge in [0.1, 0.15) is 11.5 Å². The summed E-state index contributed by atoms with van der Waals surface area (Å²) in [7, 11) is 0. The van der Waals surface area contributed by atoms with Crippen molar-refractivity contribution in [2.75, 3.05) is 6.61 Å². The Morgan fingerprint density at radius 3 is 2.33 bits per heavy atom. The van der Waals surface area contributed by atoms with E-state index in [1.54, 1.807) is 25.1 Å². The molecule has 0 aromatic heterocycles. The van der Waals surface area contributed by atoms with Crippen molar-refractivity contribution < 1.29 is 14.6 Å². The van der Waals surface area contributed by atoms with E-state index in [2.05, 4.69) is 70.3 Å². The second-order valence-electron chi connectivity index (χ2n) is 9.89. The minimum absolute atomic E-state index is 0.00176. The third kappa shape index (κ3) is 7.08. The number of aromatic hydroxyl groups is 1. The van der Waals surface area contributed by atoms with E-state index in [1.807, 2.05) is 6.07 Å². The van der Waals surface area contributed by atoms with E-state index in [0.717, 1.165) is 18.6 Å². The summed E-state index contributed by atoms with van der Waals surface area (Å²) in [6, 6.07) is 13.5. The predicted molar refractivity (Wildman–Crippen MR) is 136 cm³/mol. The third-order valence-corrected chi connectivity index (χ3v) is 6.71. The normalized spacial score (nSPS) is 12.5. The fourth-order valence-corrected chi connectivity index (χ4v) is 3.46. The summed E-state index contributed by atoms with van der Waals surface area (Å²) in [5, 5.41) is 14.0. The number of ether oxygens (including phenoxy) is 1. The standard InChI is InChI=1S/C28H40N2O3/c1-8-27(4,5)21-16-17-25(23(19-21)28(6,7)9-2)33-18-12-15-26(32)30-29-20(3)22-13-10-11-14-24(22)31/h10-11,13-14,16-17,19,31H,8-9,12,15,18H2,1-7H3,(H,30,32). The number of hydrogen-bond acceptors (Lipinski definition) is 4. The summed E-state index contributed by atoms with van der Waals surface area (Å²) in [5.41, 5.74) is 6.38. The van der Waals surface area contributed by atoms with Gasteiger partial charge in [-0.25, -0.2) is 5.43 Å². The number of nitrogens with one attached hydrogen (secondary N) is 1. The molecule has 2 aromatic rings. The Balaban J connectivity index is 1.97. The lowest BCUT2D eigenvalue weighted by Gasteiger charge is -2.30. The Hall–Kier alpha value is -2.82. The average Bonchev–Trinajstić information content (AvgIpc) is 2.80. The van der Waals surface area contributed by atoms with Crippen molar-refractivity contribution >= 4 is 11.6 Å². The lowest BCUT2D eigenvalue weighted by molar-refractivity contribution is -0.121. The topological polar surface area (TPSA) is 70.9 Å². The highest BCUT2D eigenvalue weighted by molar-refractivity contribution is 6.01. The molecule has 0 spiro atoms. The van der Waals surface area contributed by atoms with Crippen LogP contribution in [0.5, 0.6) is 11.5 Å². The highest BCUT2D eigenvalue weighted by Crippen LogP contribution is 2.38. The Bertz CT molecular complexity index is 977. The molecule has 5 heteroatoms. The van der Waals surface area contributed by atoms with Crippen molar-refractivity contribution in [3.63, 3.8) is 0 Å². The molecular weight excluding hydrogens is 412 g/mol. The maximum atomic E-state index is 12.2. The molecule has 0 heterocycles. The summed E-state index contributed by atoms with van der Waals surface area (Å²) in [5.74, 6) is 0.856. The highest BCUT2D eigenvalue weighted by atomic mass is 16.5. The van der Waals surface area contributed by atoms with Gasteiger partial charge in [-0.15, -0.1) is 0 Å². The minimum atomic E-state index is -0.178. The molecule has 2 N–H and O–H groups in total. The van der Waals surface area contributed by atoms with Crippen molar-refractivity contribution in [1.82, 2.24) is 5.43 Å². The number of carbonyl (C=O) groups is 1. The summed E-state index contributed by atoms with van der Waals surface area (Å²) < 4.78 is 6.14. The molecule has 0 aliphatic carbocycles. The van der Waals surface area contributed by atoms with Crippen LogP contribution in [0.25, 0.3) is 0 Å². The lowest BCUT2D eigenvalue weighted by atomic mass is 9.76. The van der Waals surface area contributed by atoms with Crippen molar-refractivity contribution in [3.05, 3.63) is 59.2 Å². The maximum absolute atomic E-state index is 12.2. The third-order valence-electron chi connectivity index (χ3n) is 6.71. The molecule has 0 radical (unpaired) electrons. The molecule has 33 heavy (non-hydrogen) atoms. The summed E-state index contributed by atoms with van der Waals surface area (Å²) in [6.45, 7) is 15.7. The molecule has 0 aliphatic heterocycles. The second-order valence-corrected chi connectivity index (χ2v) is 9.89. The number of phenolic OH excluding ortho intramolecular Hbond substituents is 1. The van der Waals surface area contributed by atoms with Crippen molar-refractivity contribution in [3.8, 4) is 11.5 Å². The van der Waals surface area contributed by atoms with Crippen molar-refractivity contribution in [2.24, 2.45) is 5.10 Å². The van der Waals surface area contributed by atoms with Crippen LogP contribution in [0.2, 0.25) is 0 Å². The van der Waals surface area contributed by atoms with Crippen LogP contribution in [-0.4, -0.2) is 23.3 Å². The van der Waals surface area contributed by atoms with Gasteiger partial charge in [0, 0.05) is 17.5 Å². The SMILES string of the molecule is CCC(C)(C)c1ccc(OCCCC(=O)NN=C(C)c2ccccc2O)c(C(C)(C)CC)c1. The minimum Gasteiger partial charge on any atom is -0.507 e. The molecule has 0 unspecified atom stereocenters. The van der Waals surface area contributed by atoms with E-state index in [9.17, 15) is 9.90 Å². The number of phenols is 1. The van der Waals surface area contributed by atoms with Crippen molar-refractivity contribution in [1.29, 1.82) is 0 Å². The van der Waals surface area contributed by atoms with E-state index in [0.29, 0.717) is 30.7 Å². The van der Waals surface area contributed by atoms with Gasteiger partial charge in [-0.05, 0) is 60.8 Å². The first-order valence-electron chi connectivity index (χ1n) is 11.9. The molecule has 0 bridgehead atoms.